The van der Waals surface area contributed by atoms with Crippen molar-refractivity contribution in [3.05, 3.63) is 71.3 Å². The summed E-state index contributed by atoms with van der Waals surface area (Å²) in [6.45, 7) is 12.7. The van der Waals surface area contributed by atoms with Crippen LogP contribution in [0.5, 0.6) is 0 Å². The van der Waals surface area contributed by atoms with Crippen LogP contribution in [0.3, 0.4) is 0 Å². The summed E-state index contributed by atoms with van der Waals surface area (Å²) in [7, 11) is 0. The first-order chi connectivity index (χ1) is 13.9. The van der Waals surface area contributed by atoms with E-state index in [1.807, 2.05) is 6.21 Å². The fourth-order valence-corrected chi connectivity index (χ4v) is 4.84. The summed E-state index contributed by atoms with van der Waals surface area (Å²) in [6, 6.07) is 19.6. The summed E-state index contributed by atoms with van der Waals surface area (Å²) in [5.74, 6) is 0.557. The SMILES string of the molecule is CCCN1c2cc(C)c(C=Nc3ccc4ccccc4c3)cc2C(C)CC1(C)C. The van der Waals surface area contributed by atoms with Crippen LogP contribution in [0.1, 0.15) is 63.1 Å². The molecular formula is C27H32N2. The van der Waals surface area contributed by atoms with Crippen molar-refractivity contribution in [1.82, 2.24) is 0 Å². The average Bonchev–Trinajstić information content (AvgIpc) is 2.69. The molecule has 0 aromatic heterocycles. The van der Waals surface area contributed by atoms with E-state index in [4.69, 9.17) is 4.99 Å². The van der Waals surface area contributed by atoms with Gasteiger partial charge < -0.3 is 4.90 Å². The number of rotatable bonds is 4. The van der Waals surface area contributed by atoms with Crippen molar-refractivity contribution < 1.29 is 0 Å². The van der Waals surface area contributed by atoms with Gasteiger partial charge in [-0.3, -0.25) is 4.99 Å². The van der Waals surface area contributed by atoms with Crippen molar-refractivity contribution in [1.29, 1.82) is 0 Å². The first-order valence-electron chi connectivity index (χ1n) is 10.8. The molecule has 29 heavy (non-hydrogen) atoms. The minimum absolute atomic E-state index is 0.204. The van der Waals surface area contributed by atoms with Gasteiger partial charge in [-0.15, -0.1) is 0 Å². The molecule has 2 nitrogen and oxygen atoms in total. The molecule has 0 saturated heterocycles. The van der Waals surface area contributed by atoms with Gasteiger partial charge in [0.15, 0.2) is 0 Å². The van der Waals surface area contributed by atoms with Gasteiger partial charge in [0.1, 0.15) is 0 Å². The predicted octanol–water partition coefficient (Wildman–Crippen LogP) is 7.40. The maximum Gasteiger partial charge on any atom is 0.0636 e. The number of hydrogen-bond acceptors (Lipinski definition) is 2. The lowest BCUT2D eigenvalue weighted by Gasteiger charge is -2.48. The number of anilines is 1. The Kier molecular flexibility index (Phi) is 5.21. The molecule has 1 heterocycles. The quantitative estimate of drug-likeness (QED) is 0.428. The lowest BCUT2D eigenvalue weighted by atomic mass is 9.79. The molecule has 150 valence electrons. The Labute approximate surface area is 175 Å². The predicted molar refractivity (Wildman–Crippen MR) is 127 cm³/mol. The van der Waals surface area contributed by atoms with Gasteiger partial charge in [-0.1, -0.05) is 44.2 Å². The van der Waals surface area contributed by atoms with Gasteiger partial charge in [0.2, 0.25) is 0 Å². The van der Waals surface area contributed by atoms with Crippen LogP contribution in [0.15, 0.2) is 59.6 Å². The molecule has 0 amide bonds. The maximum atomic E-state index is 4.81. The third-order valence-electron chi connectivity index (χ3n) is 6.31. The summed E-state index contributed by atoms with van der Waals surface area (Å²) in [5, 5.41) is 2.49. The second-order valence-corrected chi connectivity index (χ2v) is 9.13. The number of aryl methyl sites for hydroxylation is 1. The van der Waals surface area contributed by atoms with E-state index in [9.17, 15) is 0 Å². The van der Waals surface area contributed by atoms with Crippen LogP contribution in [0.25, 0.3) is 10.8 Å². The third kappa shape index (κ3) is 3.81. The molecular weight excluding hydrogens is 352 g/mol. The Balaban J connectivity index is 1.70. The lowest BCUT2D eigenvalue weighted by Crippen LogP contribution is -2.48. The molecule has 0 N–H and O–H groups in total. The van der Waals surface area contributed by atoms with Gasteiger partial charge in [-0.2, -0.15) is 0 Å². The van der Waals surface area contributed by atoms with E-state index >= 15 is 0 Å². The summed E-state index contributed by atoms with van der Waals surface area (Å²) in [5.41, 5.74) is 6.59. The Morgan fingerprint density at radius 1 is 1.07 bits per heavy atom. The molecule has 3 aromatic rings. The van der Waals surface area contributed by atoms with E-state index in [-0.39, 0.29) is 5.54 Å². The zero-order valence-corrected chi connectivity index (χ0v) is 18.4. The van der Waals surface area contributed by atoms with Crippen LogP contribution < -0.4 is 4.90 Å². The minimum atomic E-state index is 0.204. The molecule has 1 aliphatic heterocycles. The Morgan fingerprint density at radius 3 is 2.59 bits per heavy atom. The van der Waals surface area contributed by atoms with Gasteiger partial charge in [0.25, 0.3) is 0 Å². The van der Waals surface area contributed by atoms with Gasteiger partial charge >= 0.3 is 0 Å². The maximum absolute atomic E-state index is 4.81. The first kappa shape index (κ1) is 19.7. The van der Waals surface area contributed by atoms with E-state index in [0.717, 1.165) is 12.2 Å². The van der Waals surface area contributed by atoms with Gasteiger partial charge in [0.05, 0.1) is 5.69 Å². The normalized spacial score (nSPS) is 18.4. The largest absolute Gasteiger partial charge is 0.366 e. The van der Waals surface area contributed by atoms with Gasteiger partial charge in [0, 0.05) is 24.0 Å². The van der Waals surface area contributed by atoms with Crippen LogP contribution in [0.2, 0.25) is 0 Å². The Bertz CT molecular complexity index is 1060. The summed E-state index contributed by atoms with van der Waals surface area (Å²) in [4.78, 5) is 7.42. The molecule has 3 aromatic carbocycles. The smallest absolute Gasteiger partial charge is 0.0636 e. The van der Waals surface area contributed by atoms with Crippen LogP contribution in [-0.2, 0) is 0 Å². The Morgan fingerprint density at radius 2 is 1.83 bits per heavy atom. The monoisotopic (exact) mass is 384 g/mol. The highest BCUT2D eigenvalue weighted by molar-refractivity contribution is 5.89. The molecule has 2 heteroatoms. The van der Waals surface area contributed by atoms with Crippen molar-refractivity contribution >= 4 is 28.4 Å². The van der Waals surface area contributed by atoms with Crippen molar-refractivity contribution in [3.8, 4) is 0 Å². The van der Waals surface area contributed by atoms with Crippen molar-refractivity contribution in [3.63, 3.8) is 0 Å². The van der Waals surface area contributed by atoms with Gasteiger partial charge in [-0.25, -0.2) is 0 Å². The molecule has 0 bridgehead atoms. The second kappa shape index (κ2) is 7.67. The van der Waals surface area contributed by atoms with Crippen molar-refractivity contribution in [2.75, 3.05) is 11.4 Å². The van der Waals surface area contributed by atoms with Crippen LogP contribution in [0, 0.1) is 6.92 Å². The third-order valence-corrected chi connectivity index (χ3v) is 6.31. The zero-order valence-electron chi connectivity index (χ0n) is 18.4. The molecule has 4 rings (SSSR count). The average molecular weight is 385 g/mol. The van der Waals surface area contributed by atoms with Crippen LogP contribution in [-0.4, -0.2) is 18.3 Å². The Hall–Kier alpha value is -2.61. The van der Waals surface area contributed by atoms with E-state index in [0.29, 0.717) is 5.92 Å². The van der Waals surface area contributed by atoms with E-state index in [1.54, 1.807) is 0 Å². The molecule has 1 aliphatic rings. The second-order valence-electron chi connectivity index (χ2n) is 9.13. The minimum Gasteiger partial charge on any atom is -0.366 e. The topological polar surface area (TPSA) is 15.6 Å². The summed E-state index contributed by atoms with van der Waals surface area (Å²) < 4.78 is 0. The highest BCUT2D eigenvalue weighted by atomic mass is 15.2. The van der Waals surface area contributed by atoms with Crippen molar-refractivity contribution in [2.24, 2.45) is 4.99 Å². The van der Waals surface area contributed by atoms with Gasteiger partial charge in [-0.05, 0) is 91.3 Å². The molecule has 0 aliphatic carbocycles. The fraction of sp³-hybridized carbons (Fsp3) is 0.370. The number of fused-ring (bicyclic) bond motifs is 2. The molecule has 1 atom stereocenters. The molecule has 0 fully saturated rings. The number of hydrogen-bond donors (Lipinski definition) is 0. The molecule has 0 radical (unpaired) electrons. The van der Waals surface area contributed by atoms with Crippen molar-refractivity contribution in [2.45, 2.75) is 58.9 Å². The number of aliphatic imine (C=N–C) groups is 1. The van der Waals surface area contributed by atoms with E-state index in [2.05, 4.69) is 94.1 Å². The lowest BCUT2D eigenvalue weighted by molar-refractivity contribution is 0.376. The molecule has 0 saturated carbocycles. The van der Waals surface area contributed by atoms with Crippen LogP contribution >= 0.6 is 0 Å². The zero-order chi connectivity index (χ0) is 20.6. The number of benzene rings is 3. The fourth-order valence-electron chi connectivity index (χ4n) is 4.84. The standard InChI is InChI=1S/C27H32N2/c1-6-13-29-26-14-19(2)23(16-25(26)20(3)17-27(29,4)5)18-28-24-12-11-21-9-7-8-10-22(21)15-24/h7-12,14-16,18,20H,6,13,17H2,1-5H3. The number of nitrogens with zero attached hydrogens (tertiary/aromatic N) is 2. The molecule has 0 spiro atoms. The highest BCUT2D eigenvalue weighted by Crippen LogP contribution is 2.44. The van der Waals surface area contributed by atoms with Crippen LogP contribution in [0.4, 0.5) is 11.4 Å². The van der Waals surface area contributed by atoms with E-state index in [1.165, 1.54) is 46.0 Å². The molecule has 1 unspecified atom stereocenters. The first-order valence-corrected chi connectivity index (χ1v) is 10.8. The summed E-state index contributed by atoms with van der Waals surface area (Å²) in [6.07, 6.45) is 4.39. The highest BCUT2D eigenvalue weighted by Gasteiger charge is 2.36. The van der Waals surface area contributed by atoms with E-state index < -0.39 is 0 Å². The summed E-state index contributed by atoms with van der Waals surface area (Å²) >= 11 is 0.